The molecule has 2 aliphatic carbocycles. The Labute approximate surface area is 74.2 Å². The molecule has 2 atom stereocenters. The number of hydrogen-bond acceptors (Lipinski definition) is 1. The zero-order valence-corrected chi connectivity index (χ0v) is 7.79. The van der Waals surface area contributed by atoms with Crippen LogP contribution in [0.25, 0.3) is 0 Å². The van der Waals surface area contributed by atoms with Gasteiger partial charge in [0.05, 0.1) is 11.9 Å². The summed E-state index contributed by atoms with van der Waals surface area (Å²) in [6, 6.07) is 0.598. The van der Waals surface area contributed by atoms with Crippen LogP contribution in [-0.2, 0) is 0 Å². The predicted molar refractivity (Wildman–Crippen MR) is 51.1 cm³/mol. The van der Waals surface area contributed by atoms with Gasteiger partial charge >= 0.3 is 0 Å². The molecular weight excluding hydrogens is 148 g/mol. The molecule has 2 aliphatic rings. The van der Waals surface area contributed by atoms with Crippen molar-refractivity contribution in [1.82, 2.24) is 0 Å². The highest BCUT2D eigenvalue weighted by Crippen LogP contribution is 2.32. The fourth-order valence-electron chi connectivity index (χ4n) is 2.00. The molecular formula is C10H18N2. The molecule has 0 saturated heterocycles. The van der Waals surface area contributed by atoms with E-state index in [1.807, 2.05) is 0 Å². The SMILES string of the molecule is CC1CCC(C(N)=NC2CC2)C1. The highest BCUT2D eigenvalue weighted by atomic mass is 14.9. The summed E-state index contributed by atoms with van der Waals surface area (Å²) in [4.78, 5) is 4.50. The number of hydrogen-bond donors (Lipinski definition) is 1. The first-order chi connectivity index (χ1) is 5.75. The van der Waals surface area contributed by atoms with Crippen LogP contribution < -0.4 is 5.73 Å². The second-order valence-corrected chi connectivity index (χ2v) is 4.40. The van der Waals surface area contributed by atoms with Gasteiger partial charge in [-0.15, -0.1) is 0 Å². The number of aliphatic imine (C=N–C) groups is 1. The van der Waals surface area contributed by atoms with Gasteiger partial charge in [0.1, 0.15) is 0 Å². The van der Waals surface area contributed by atoms with Crippen molar-refractivity contribution in [2.75, 3.05) is 0 Å². The molecule has 2 saturated carbocycles. The van der Waals surface area contributed by atoms with E-state index in [2.05, 4.69) is 11.9 Å². The predicted octanol–water partition coefficient (Wildman–Crippen LogP) is 1.94. The minimum absolute atomic E-state index is 0.598. The molecule has 2 fully saturated rings. The third-order valence-corrected chi connectivity index (χ3v) is 2.99. The molecule has 2 N–H and O–H groups in total. The number of amidine groups is 1. The van der Waals surface area contributed by atoms with E-state index < -0.39 is 0 Å². The Kier molecular flexibility index (Phi) is 2.07. The van der Waals surface area contributed by atoms with Gasteiger partial charge < -0.3 is 5.73 Å². The fraction of sp³-hybridized carbons (Fsp3) is 0.900. The van der Waals surface area contributed by atoms with E-state index in [-0.39, 0.29) is 0 Å². The lowest BCUT2D eigenvalue weighted by Gasteiger charge is -2.08. The van der Waals surface area contributed by atoms with Crippen LogP contribution in [0.15, 0.2) is 4.99 Å². The number of rotatable bonds is 2. The lowest BCUT2D eigenvalue weighted by Crippen LogP contribution is -2.22. The van der Waals surface area contributed by atoms with Gasteiger partial charge in [-0.2, -0.15) is 0 Å². The van der Waals surface area contributed by atoms with Crippen LogP contribution in [0.5, 0.6) is 0 Å². The molecule has 2 heteroatoms. The van der Waals surface area contributed by atoms with E-state index >= 15 is 0 Å². The van der Waals surface area contributed by atoms with Crippen LogP contribution in [0.4, 0.5) is 0 Å². The molecule has 0 amide bonds. The molecule has 2 unspecified atom stereocenters. The summed E-state index contributed by atoms with van der Waals surface area (Å²) in [5.74, 6) is 2.42. The molecule has 68 valence electrons. The Hall–Kier alpha value is -0.530. The Morgan fingerprint density at radius 2 is 2.00 bits per heavy atom. The van der Waals surface area contributed by atoms with Crippen molar-refractivity contribution in [3.05, 3.63) is 0 Å². The lowest BCUT2D eigenvalue weighted by atomic mass is 10.1. The largest absolute Gasteiger partial charge is 0.387 e. The van der Waals surface area contributed by atoms with Crippen molar-refractivity contribution in [2.24, 2.45) is 22.6 Å². The summed E-state index contributed by atoms with van der Waals surface area (Å²) in [6.07, 6.45) is 6.41. The van der Waals surface area contributed by atoms with Gasteiger partial charge in [-0.3, -0.25) is 4.99 Å². The lowest BCUT2D eigenvalue weighted by molar-refractivity contribution is 0.594. The minimum atomic E-state index is 0.598. The molecule has 0 aromatic rings. The average molecular weight is 166 g/mol. The van der Waals surface area contributed by atoms with E-state index in [4.69, 9.17) is 5.73 Å². The summed E-state index contributed by atoms with van der Waals surface area (Å²) in [5, 5.41) is 0. The molecule has 0 aromatic heterocycles. The first kappa shape index (κ1) is 8.09. The Morgan fingerprint density at radius 3 is 2.50 bits per heavy atom. The first-order valence-electron chi connectivity index (χ1n) is 5.09. The number of nitrogens with two attached hydrogens (primary N) is 1. The molecule has 2 nitrogen and oxygen atoms in total. The molecule has 0 radical (unpaired) electrons. The first-order valence-corrected chi connectivity index (χ1v) is 5.09. The second-order valence-electron chi connectivity index (χ2n) is 4.40. The number of nitrogens with zero attached hydrogens (tertiary/aromatic N) is 1. The Bertz CT molecular complexity index is 194. The molecule has 0 aromatic carbocycles. The topological polar surface area (TPSA) is 38.4 Å². The van der Waals surface area contributed by atoms with Crippen LogP contribution >= 0.6 is 0 Å². The summed E-state index contributed by atoms with van der Waals surface area (Å²) in [5.41, 5.74) is 5.93. The average Bonchev–Trinajstić information content (AvgIpc) is 2.72. The summed E-state index contributed by atoms with van der Waals surface area (Å²) >= 11 is 0. The summed E-state index contributed by atoms with van der Waals surface area (Å²) < 4.78 is 0. The summed E-state index contributed by atoms with van der Waals surface area (Å²) in [6.45, 7) is 2.31. The van der Waals surface area contributed by atoms with Crippen LogP contribution in [0.2, 0.25) is 0 Å². The van der Waals surface area contributed by atoms with Crippen molar-refractivity contribution in [3.63, 3.8) is 0 Å². The third-order valence-electron chi connectivity index (χ3n) is 2.99. The van der Waals surface area contributed by atoms with Crippen molar-refractivity contribution in [2.45, 2.75) is 45.1 Å². The quantitative estimate of drug-likeness (QED) is 0.494. The minimum Gasteiger partial charge on any atom is -0.387 e. The zero-order chi connectivity index (χ0) is 8.55. The maximum atomic E-state index is 5.93. The monoisotopic (exact) mass is 166 g/mol. The van der Waals surface area contributed by atoms with Crippen molar-refractivity contribution in [3.8, 4) is 0 Å². The van der Waals surface area contributed by atoms with Gasteiger partial charge in [0.15, 0.2) is 0 Å². The maximum absolute atomic E-state index is 5.93. The summed E-state index contributed by atoms with van der Waals surface area (Å²) in [7, 11) is 0. The third kappa shape index (κ3) is 1.79. The maximum Gasteiger partial charge on any atom is 0.0971 e. The molecule has 0 bridgehead atoms. The van der Waals surface area contributed by atoms with E-state index in [9.17, 15) is 0 Å². The standard InChI is InChI=1S/C10H18N2/c1-7-2-3-8(6-7)10(11)12-9-4-5-9/h7-9H,2-6H2,1H3,(H2,11,12). The molecule has 12 heavy (non-hydrogen) atoms. The zero-order valence-electron chi connectivity index (χ0n) is 7.79. The van der Waals surface area contributed by atoms with E-state index in [1.165, 1.54) is 32.1 Å². The molecule has 0 heterocycles. The Balaban J connectivity index is 1.90. The molecule has 2 rings (SSSR count). The highest BCUT2D eigenvalue weighted by molar-refractivity contribution is 5.83. The molecule has 0 spiro atoms. The van der Waals surface area contributed by atoms with Crippen LogP contribution in [-0.4, -0.2) is 11.9 Å². The van der Waals surface area contributed by atoms with Gasteiger partial charge in [0.25, 0.3) is 0 Å². The van der Waals surface area contributed by atoms with E-state index in [0.717, 1.165) is 11.8 Å². The fourth-order valence-corrected chi connectivity index (χ4v) is 2.00. The van der Waals surface area contributed by atoms with Crippen molar-refractivity contribution >= 4 is 5.84 Å². The molecule has 0 aliphatic heterocycles. The van der Waals surface area contributed by atoms with Gasteiger partial charge in [-0.05, 0) is 38.0 Å². The van der Waals surface area contributed by atoms with Crippen molar-refractivity contribution < 1.29 is 0 Å². The van der Waals surface area contributed by atoms with Crippen LogP contribution in [0.1, 0.15) is 39.0 Å². The van der Waals surface area contributed by atoms with Gasteiger partial charge in [-0.1, -0.05) is 6.92 Å². The van der Waals surface area contributed by atoms with Crippen LogP contribution in [0.3, 0.4) is 0 Å². The highest BCUT2D eigenvalue weighted by Gasteiger charge is 2.27. The van der Waals surface area contributed by atoms with Gasteiger partial charge in [0, 0.05) is 5.92 Å². The van der Waals surface area contributed by atoms with E-state index in [0.29, 0.717) is 12.0 Å². The van der Waals surface area contributed by atoms with Crippen molar-refractivity contribution in [1.29, 1.82) is 0 Å². The normalized spacial score (nSPS) is 37.2. The van der Waals surface area contributed by atoms with E-state index in [1.54, 1.807) is 0 Å². The van der Waals surface area contributed by atoms with Crippen LogP contribution in [0, 0.1) is 11.8 Å². The van der Waals surface area contributed by atoms with Gasteiger partial charge in [0.2, 0.25) is 0 Å². The van der Waals surface area contributed by atoms with Gasteiger partial charge in [-0.25, -0.2) is 0 Å². The Morgan fingerprint density at radius 1 is 1.25 bits per heavy atom. The smallest absolute Gasteiger partial charge is 0.0971 e. The second kappa shape index (κ2) is 3.08.